The Bertz CT molecular complexity index is 1970. The third-order valence-electron chi connectivity index (χ3n) is 8.14. The van der Waals surface area contributed by atoms with Crippen molar-refractivity contribution >= 4 is 82.2 Å². The average molecular weight is 869 g/mol. The number of ether oxygens (including phenoxy) is 2. The topological polar surface area (TPSA) is 135 Å². The van der Waals surface area contributed by atoms with Crippen LogP contribution in [-0.4, -0.2) is 48.9 Å². The van der Waals surface area contributed by atoms with Crippen molar-refractivity contribution in [1.29, 1.82) is 0 Å². The molecule has 306 valence electrons. The lowest BCUT2D eigenvalue weighted by atomic mass is 10.1. The number of carbonyl (C=O) groups excluding carboxylic acids is 4. The number of halogens is 4. The van der Waals surface area contributed by atoms with Crippen LogP contribution in [-0.2, 0) is 9.59 Å². The van der Waals surface area contributed by atoms with Gasteiger partial charge in [0, 0.05) is 23.1 Å². The van der Waals surface area contributed by atoms with Crippen molar-refractivity contribution in [2.45, 2.75) is 65.6 Å². The summed E-state index contributed by atoms with van der Waals surface area (Å²) >= 11 is 24.5. The minimum absolute atomic E-state index is 0.000707. The minimum Gasteiger partial charge on any atom is -0.491 e. The van der Waals surface area contributed by atoms with Gasteiger partial charge in [0.1, 0.15) is 22.9 Å². The molecule has 0 atom stereocenters. The molecule has 4 amide bonds. The summed E-state index contributed by atoms with van der Waals surface area (Å²) in [5.41, 5.74) is 1.74. The van der Waals surface area contributed by atoms with Gasteiger partial charge in [-0.25, -0.2) is 0 Å². The first-order valence-corrected chi connectivity index (χ1v) is 20.3. The molecule has 0 aliphatic rings. The summed E-state index contributed by atoms with van der Waals surface area (Å²) in [4.78, 5) is 53.0. The second kappa shape index (κ2) is 22.8. The van der Waals surface area contributed by atoms with Gasteiger partial charge in [-0.1, -0.05) is 83.5 Å². The van der Waals surface area contributed by atoms with Crippen molar-refractivity contribution in [3.05, 3.63) is 139 Å². The highest BCUT2D eigenvalue weighted by molar-refractivity contribution is 6.37. The van der Waals surface area contributed by atoms with Gasteiger partial charge in [0.25, 0.3) is 23.6 Å². The SMILES string of the molecule is CC(C)Oc1ccc(/C=C(\NC(=O)c2ccc(Cl)cc2Cl)C(=O)NCCCCCCNC(=O)/C(=C/c2ccc(OC(C)C)cc2)NC(=O)c2ccc(Cl)cc2Cl)cc1. The molecule has 4 rings (SSSR count). The highest BCUT2D eigenvalue weighted by Gasteiger charge is 2.19. The molecule has 0 heterocycles. The smallest absolute Gasteiger partial charge is 0.267 e. The van der Waals surface area contributed by atoms with Crippen molar-refractivity contribution in [3.8, 4) is 11.5 Å². The Kier molecular flexibility index (Phi) is 18.0. The van der Waals surface area contributed by atoms with Gasteiger partial charge in [-0.05, 0) is 124 Å². The van der Waals surface area contributed by atoms with E-state index in [4.69, 9.17) is 55.9 Å². The molecule has 0 saturated heterocycles. The summed E-state index contributed by atoms with van der Waals surface area (Å²) in [5, 5.41) is 12.2. The molecule has 4 aromatic rings. The standard InChI is InChI=1S/C44H46Cl4N4O6/c1-27(2)57-33-15-9-29(10-16-33)23-39(51-41(53)35-19-13-31(45)25-37(35)47)43(55)49-21-7-5-6-8-22-50-44(56)40(24-30-11-17-34(18-12-30)58-28(3)4)52-42(54)36-20-14-32(46)26-38(36)48/h9-20,23-28H,5-8,21-22H2,1-4H3,(H,49,55)(H,50,56)(H,51,53)(H,52,54)/b39-23-,40-24-. The summed E-state index contributed by atoms with van der Waals surface area (Å²) in [6.07, 6.45) is 5.93. The Labute approximate surface area is 359 Å². The normalized spacial score (nSPS) is 11.6. The number of hydrogen-bond donors (Lipinski definition) is 4. The van der Waals surface area contributed by atoms with Crippen LogP contribution in [0.4, 0.5) is 0 Å². The summed E-state index contributed by atoms with van der Waals surface area (Å²) in [7, 11) is 0. The van der Waals surface area contributed by atoms with E-state index in [0.29, 0.717) is 58.6 Å². The van der Waals surface area contributed by atoms with Gasteiger partial charge < -0.3 is 30.7 Å². The highest BCUT2D eigenvalue weighted by atomic mass is 35.5. The van der Waals surface area contributed by atoms with E-state index in [-0.39, 0.29) is 44.8 Å². The molecule has 0 fully saturated rings. The first-order chi connectivity index (χ1) is 27.7. The largest absolute Gasteiger partial charge is 0.491 e. The lowest BCUT2D eigenvalue weighted by molar-refractivity contribution is -0.118. The van der Waals surface area contributed by atoms with Gasteiger partial charge in [0.2, 0.25) is 0 Å². The minimum atomic E-state index is -0.564. The molecule has 58 heavy (non-hydrogen) atoms. The van der Waals surface area contributed by atoms with Crippen molar-refractivity contribution < 1.29 is 28.7 Å². The number of unbranched alkanes of at least 4 members (excludes halogenated alkanes) is 3. The van der Waals surface area contributed by atoms with Gasteiger partial charge in [0.05, 0.1) is 33.4 Å². The van der Waals surface area contributed by atoms with E-state index in [9.17, 15) is 19.2 Å². The molecule has 0 aliphatic heterocycles. The Hall–Kier alpha value is -5.00. The fourth-order valence-corrected chi connectivity index (χ4v) is 6.39. The Morgan fingerprint density at radius 1 is 0.534 bits per heavy atom. The van der Waals surface area contributed by atoms with Gasteiger partial charge in [-0.3, -0.25) is 19.2 Å². The summed E-state index contributed by atoms with van der Waals surface area (Å²) in [6, 6.07) is 23.3. The van der Waals surface area contributed by atoms with E-state index in [1.165, 1.54) is 24.3 Å². The van der Waals surface area contributed by atoms with E-state index in [0.717, 1.165) is 12.8 Å². The van der Waals surface area contributed by atoms with E-state index >= 15 is 0 Å². The monoisotopic (exact) mass is 866 g/mol. The number of benzene rings is 4. The number of rotatable bonds is 19. The zero-order valence-electron chi connectivity index (χ0n) is 32.6. The number of hydrogen-bond acceptors (Lipinski definition) is 6. The van der Waals surface area contributed by atoms with Gasteiger partial charge in [-0.2, -0.15) is 0 Å². The van der Waals surface area contributed by atoms with Crippen molar-refractivity contribution in [2.24, 2.45) is 0 Å². The Morgan fingerprint density at radius 2 is 0.897 bits per heavy atom. The Morgan fingerprint density at radius 3 is 1.22 bits per heavy atom. The highest BCUT2D eigenvalue weighted by Crippen LogP contribution is 2.23. The summed E-state index contributed by atoms with van der Waals surface area (Å²) in [6.45, 7) is 8.39. The molecule has 4 aromatic carbocycles. The van der Waals surface area contributed by atoms with Gasteiger partial charge in [-0.15, -0.1) is 0 Å². The summed E-state index contributed by atoms with van der Waals surface area (Å²) < 4.78 is 11.4. The maximum atomic E-state index is 13.4. The first kappa shape index (κ1) is 45.7. The third kappa shape index (κ3) is 15.1. The van der Waals surface area contributed by atoms with Crippen LogP contribution in [0.15, 0.2) is 96.3 Å². The Balaban J connectivity index is 1.32. The fourth-order valence-electron chi connectivity index (χ4n) is 5.40. The van der Waals surface area contributed by atoms with Crippen LogP contribution >= 0.6 is 46.4 Å². The molecule has 0 aliphatic carbocycles. The van der Waals surface area contributed by atoms with E-state index in [2.05, 4.69) is 21.3 Å². The lowest BCUT2D eigenvalue weighted by Gasteiger charge is -2.13. The quantitative estimate of drug-likeness (QED) is 0.0548. The molecule has 10 nitrogen and oxygen atoms in total. The molecular weight excluding hydrogens is 822 g/mol. The second-order valence-electron chi connectivity index (χ2n) is 13.7. The van der Waals surface area contributed by atoms with Crippen LogP contribution in [0, 0.1) is 0 Å². The van der Waals surface area contributed by atoms with Crippen LogP contribution in [0.2, 0.25) is 20.1 Å². The molecule has 4 N–H and O–H groups in total. The lowest BCUT2D eigenvalue weighted by Crippen LogP contribution is -2.35. The molecule has 0 spiro atoms. The van der Waals surface area contributed by atoms with E-state index < -0.39 is 23.6 Å². The molecule has 0 saturated carbocycles. The van der Waals surface area contributed by atoms with Crippen LogP contribution < -0.4 is 30.7 Å². The fraction of sp³-hybridized carbons (Fsp3) is 0.273. The first-order valence-electron chi connectivity index (χ1n) is 18.7. The zero-order chi connectivity index (χ0) is 42.2. The average Bonchev–Trinajstić information content (AvgIpc) is 3.16. The summed E-state index contributed by atoms with van der Waals surface area (Å²) in [5.74, 6) is -0.725. The van der Waals surface area contributed by atoms with Crippen molar-refractivity contribution in [1.82, 2.24) is 21.3 Å². The van der Waals surface area contributed by atoms with Crippen LogP contribution in [0.1, 0.15) is 85.2 Å². The predicted molar refractivity (Wildman–Crippen MR) is 233 cm³/mol. The van der Waals surface area contributed by atoms with Gasteiger partial charge >= 0.3 is 0 Å². The van der Waals surface area contributed by atoms with Crippen molar-refractivity contribution in [3.63, 3.8) is 0 Å². The molecule has 14 heteroatoms. The van der Waals surface area contributed by atoms with E-state index in [1.807, 2.05) is 27.7 Å². The number of carbonyl (C=O) groups is 4. The zero-order valence-corrected chi connectivity index (χ0v) is 35.6. The maximum absolute atomic E-state index is 13.4. The molecule has 0 bridgehead atoms. The third-order valence-corrected chi connectivity index (χ3v) is 9.23. The molecule has 0 radical (unpaired) electrons. The number of nitrogens with one attached hydrogen (secondary N) is 4. The second-order valence-corrected chi connectivity index (χ2v) is 15.4. The molecule has 0 aromatic heterocycles. The van der Waals surface area contributed by atoms with Crippen LogP contribution in [0.3, 0.4) is 0 Å². The van der Waals surface area contributed by atoms with Crippen molar-refractivity contribution in [2.75, 3.05) is 13.1 Å². The number of amides is 4. The maximum Gasteiger partial charge on any atom is 0.267 e. The molecule has 0 unspecified atom stereocenters. The van der Waals surface area contributed by atoms with E-state index in [1.54, 1.807) is 72.8 Å². The van der Waals surface area contributed by atoms with Crippen LogP contribution in [0.25, 0.3) is 12.2 Å². The van der Waals surface area contributed by atoms with Gasteiger partial charge in [0.15, 0.2) is 0 Å². The molecular formula is C44H46Cl4N4O6. The van der Waals surface area contributed by atoms with Crippen LogP contribution in [0.5, 0.6) is 11.5 Å². The predicted octanol–water partition coefficient (Wildman–Crippen LogP) is 9.91.